The summed E-state index contributed by atoms with van der Waals surface area (Å²) in [5.74, 6) is -9.51. The number of carboxylic acid groups (broad SMARTS) is 1. The van der Waals surface area contributed by atoms with Crippen molar-refractivity contribution < 1.29 is 63.0 Å². The van der Waals surface area contributed by atoms with E-state index in [0.717, 1.165) is 10.9 Å². The van der Waals surface area contributed by atoms with Crippen molar-refractivity contribution >= 4 is 98.6 Å². The van der Waals surface area contributed by atoms with Crippen molar-refractivity contribution in [1.29, 1.82) is 0 Å². The molecule has 26 nitrogen and oxygen atoms in total. The van der Waals surface area contributed by atoms with Gasteiger partial charge in [0.1, 0.15) is 54.4 Å². The molecular weight excluding hydrogens is 1140 g/mol. The van der Waals surface area contributed by atoms with Gasteiger partial charge < -0.3 is 79.1 Å². The lowest BCUT2D eigenvalue weighted by Gasteiger charge is -2.31. The second-order valence-corrected chi connectivity index (χ2v) is 23.9. The zero-order valence-electron chi connectivity index (χ0n) is 50.5. The van der Waals surface area contributed by atoms with Gasteiger partial charge in [0.2, 0.25) is 59.1 Å². The number of aliphatic hydroxyl groups is 1. The number of amides is 10. The highest BCUT2D eigenvalue weighted by molar-refractivity contribution is 7.98. The van der Waals surface area contributed by atoms with E-state index in [9.17, 15) is 63.0 Å². The van der Waals surface area contributed by atoms with Gasteiger partial charge in [0.15, 0.2) is 0 Å². The molecule has 1 aliphatic rings. The first-order valence-corrected chi connectivity index (χ1v) is 30.9. The number of rotatable bonds is 35. The molecule has 1 fully saturated rings. The van der Waals surface area contributed by atoms with E-state index >= 15 is 0 Å². The largest absolute Gasteiger partial charge is 0.480 e. The smallest absolute Gasteiger partial charge is 0.326 e. The number of nitrogens with zero attached hydrogens (tertiary/aromatic N) is 1. The van der Waals surface area contributed by atoms with Crippen LogP contribution in [-0.4, -0.2) is 176 Å². The van der Waals surface area contributed by atoms with Gasteiger partial charge in [-0.1, -0.05) is 84.4 Å². The van der Waals surface area contributed by atoms with Gasteiger partial charge in [0.25, 0.3) is 0 Å². The van der Waals surface area contributed by atoms with Crippen LogP contribution >= 0.6 is 11.8 Å². The van der Waals surface area contributed by atoms with Crippen LogP contribution in [0.4, 0.5) is 0 Å². The molecule has 2 aromatic heterocycles. The molecule has 0 spiro atoms. The lowest BCUT2D eigenvalue weighted by Crippen LogP contribution is -2.61. The van der Waals surface area contributed by atoms with Crippen LogP contribution in [0.1, 0.15) is 104 Å². The third-order valence-corrected chi connectivity index (χ3v) is 16.0. The standard InChI is InChI=1S/C60H87N13O13S/c1-8-34(6)51(60(85)86)72-56(81)46(27-36-30-64-40-17-12-10-15-38(36)40)70-58(83)48-18-13-22-73(48)59(84)42(21-23-87-7)67-55(80)45(26-35-29-63-39-16-11-9-14-37(35)39)69-52(77)41(19-20-49(62)75)66-57(82)47(31-74)71-54(79)44(25-33(4)5)68-53(78)43(24-32(2)3)65-50(76)28-61/h9-12,14-17,29-30,32-34,41-48,51,63-64,74H,8,13,18-28,31,61H2,1-7H3,(H2,62,75)(H,65,76)(H,66,82)(H,67,80)(H,68,78)(H,69,77)(H,70,83)(H,71,79)(H,72,81)(H,85,86)/t34-,41-,42-,43-,44-,45-,46-,47-,48-,51-/m0/s1. The molecule has 2 aromatic carbocycles. The Morgan fingerprint density at radius 1 is 0.632 bits per heavy atom. The number of hydrogen-bond acceptors (Lipinski definition) is 14. The minimum atomic E-state index is -1.72. The summed E-state index contributed by atoms with van der Waals surface area (Å²) in [5, 5.41) is 43.2. The van der Waals surface area contributed by atoms with Crippen molar-refractivity contribution in [3.8, 4) is 0 Å². The molecule has 0 aliphatic carbocycles. The molecular formula is C60H87N13O13S. The summed E-state index contributed by atoms with van der Waals surface area (Å²) >= 11 is 1.39. The summed E-state index contributed by atoms with van der Waals surface area (Å²) < 4.78 is 0. The first-order chi connectivity index (χ1) is 41.4. The van der Waals surface area contributed by atoms with Crippen LogP contribution in [0.25, 0.3) is 21.8 Å². The fourth-order valence-electron chi connectivity index (χ4n) is 10.4. The zero-order chi connectivity index (χ0) is 64.1. The van der Waals surface area contributed by atoms with Gasteiger partial charge in [0.05, 0.1) is 13.2 Å². The topological polar surface area (TPSA) is 411 Å². The number of nitrogens with two attached hydrogens (primary N) is 2. The normalized spacial score (nSPS) is 16.3. The van der Waals surface area contributed by atoms with E-state index in [1.165, 1.54) is 16.7 Å². The predicted molar refractivity (Wildman–Crippen MR) is 328 cm³/mol. The summed E-state index contributed by atoms with van der Waals surface area (Å²) in [4.78, 5) is 159. The summed E-state index contributed by atoms with van der Waals surface area (Å²) in [5.41, 5.74) is 13.7. The number of nitrogens with one attached hydrogen (secondary N) is 10. The number of aromatic nitrogens is 2. The number of hydrogen-bond donors (Lipinski definition) is 14. The first kappa shape index (κ1) is 69.7. The second kappa shape index (κ2) is 33.8. The van der Waals surface area contributed by atoms with E-state index in [-0.39, 0.29) is 63.5 Å². The summed E-state index contributed by atoms with van der Waals surface area (Å²) in [6.45, 7) is 9.46. The third kappa shape index (κ3) is 20.3. The summed E-state index contributed by atoms with van der Waals surface area (Å²) in [7, 11) is 0. The fraction of sp³-hybridized carbons (Fsp3) is 0.550. The van der Waals surface area contributed by atoms with Gasteiger partial charge in [-0.05, 0) is 91.5 Å². The number of fused-ring (bicyclic) bond motifs is 2. The molecule has 0 saturated carbocycles. The molecule has 87 heavy (non-hydrogen) atoms. The molecule has 10 atom stereocenters. The maximum Gasteiger partial charge on any atom is 0.326 e. The number of carboxylic acids is 1. The molecule has 0 bridgehead atoms. The molecule has 1 aliphatic heterocycles. The van der Waals surface area contributed by atoms with Crippen LogP contribution in [0.5, 0.6) is 0 Å². The van der Waals surface area contributed by atoms with Gasteiger partial charge in [-0.25, -0.2) is 4.79 Å². The minimum absolute atomic E-state index is 0.0319. The number of likely N-dealkylation sites (tertiary alicyclic amines) is 1. The highest BCUT2D eigenvalue weighted by Gasteiger charge is 2.41. The summed E-state index contributed by atoms with van der Waals surface area (Å²) in [6, 6.07) is 2.48. The maximum absolute atomic E-state index is 14.9. The van der Waals surface area contributed by atoms with Crippen molar-refractivity contribution in [3.63, 3.8) is 0 Å². The van der Waals surface area contributed by atoms with Crippen LogP contribution in [0.15, 0.2) is 60.9 Å². The van der Waals surface area contributed by atoms with Gasteiger partial charge in [0, 0.05) is 60.0 Å². The Hall–Kier alpha value is -8.04. The fourth-order valence-corrected chi connectivity index (χ4v) is 10.9. The molecule has 476 valence electrons. The van der Waals surface area contributed by atoms with Crippen LogP contribution in [0.3, 0.4) is 0 Å². The number of thioether (sulfide) groups is 1. The third-order valence-electron chi connectivity index (χ3n) is 15.3. The second-order valence-electron chi connectivity index (χ2n) is 22.9. The van der Waals surface area contributed by atoms with E-state index in [4.69, 9.17) is 11.5 Å². The molecule has 3 heterocycles. The first-order valence-electron chi connectivity index (χ1n) is 29.5. The highest BCUT2D eigenvalue weighted by Crippen LogP contribution is 2.24. The van der Waals surface area contributed by atoms with Crippen molar-refractivity contribution in [2.75, 3.05) is 31.7 Å². The molecule has 1 saturated heterocycles. The van der Waals surface area contributed by atoms with Crippen molar-refractivity contribution in [2.45, 2.75) is 160 Å². The lowest BCUT2D eigenvalue weighted by molar-refractivity contribution is -0.144. The van der Waals surface area contributed by atoms with Crippen LogP contribution < -0.4 is 54.0 Å². The quantitative estimate of drug-likeness (QED) is 0.0298. The van der Waals surface area contributed by atoms with Crippen LogP contribution in [-0.2, 0) is 65.6 Å². The number of para-hydroxylation sites is 2. The van der Waals surface area contributed by atoms with E-state index in [1.807, 2.05) is 38.1 Å². The Bertz CT molecular complexity index is 3060. The Kier molecular flexibility index (Phi) is 27.1. The van der Waals surface area contributed by atoms with Gasteiger partial charge in [-0.15, -0.1) is 0 Å². The number of H-pyrrole nitrogens is 2. The van der Waals surface area contributed by atoms with Gasteiger partial charge >= 0.3 is 5.97 Å². The number of aliphatic carboxylic acids is 1. The average molecular weight is 1230 g/mol. The molecule has 10 amide bonds. The van der Waals surface area contributed by atoms with E-state index < -0.39 is 145 Å². The molecule has 0 radical (unpaired) electrons. The van der Waals surface area contributed by atoms with Crippen molar-refractivity contribution in [3.05, 3.63) is 72.1 Å². The number of primary amides is 1. The van der Waals surface area contributed by atoms with Gasteiger partial charge in [-0.2, -0.15) is 11.8 Å². The monoisotopic (exact) mass is 1230 g/mol. The maximum atomic E-state index is 14.9. The number of aromatic amines is 2. The Labute approximate surface area is 510 Å². The van der Waals surface area contributed by atoms with Crippen molar-refractivity contribution in [2.24, 2.45) is 29.2 Å². The molecule has 27 heteroatoms. The average Bonchev–Trinajstić information content (AvgIpc) is 3.53. The van der Waals surface area contributed by atoms with E-state index in [0.29, 0.717) is 40.6 Å². The lowest BCUT2D eigenvalue weighted by atomic mass is 9.98. The zero-order valence-corrected chi connectivity index (χ0v) is 51.3. The Balaban J connectivity index is 1.40. The highest BCUT2D eigenvalue weighted by atomic mass is 32.2. The molecule has 5 rings (SSSR count). The SMILES string of the molecule is CC[C@H](C)[C@H](NC(=O)[C@H](Cc1c[nH]c2ccccc12)NC(=O)[C@@H]1CCCN1C(=O)[C@H](CCSC)NC(=O)[C@H](Cc1c[nH]c2ccccc12)NC(=O)[C@H](CCC(N)=O)NC(=O)[C@H](CO)NC(=O)[C@H](CC(C)C)NC(=O)[C@H](CC(C)C)NC(=O)CN)C(=O)O. The number of aliphatic hydroxyl groups excluding tert-OH is 1. The molecule has 4 aromatic rings. The van der Waals surface area contributed by atoms with Crippen molar-refractivity contribution in [1.82, 2.24) is 57.4 Å². The van der Waals surface area contributed by atoms with Crippen LogP contribution in [0, 0.1) is 17.8 Å². The summed E-state index contributed by atoms with van der Waals surface area (Å²) in [6.07, 6.45) is 5.46. The molecule has 16 N–H and O–H groups in total. The van der Waals surface area contributed by atoms with E-state index in [2.05, 4.69) is 52.5 Å². The Morgan fingerprint density at radius 3 is 1.62 bits per heavy atom. The van der Waals surface area contributed by atoms with Gasteiger partial charge in [-0.3, -0.25) is 47.9 Å². The predicted octanol–water partition coefficient (Wildman–Crippen LogP) is 0.496. The minimum Gasteiger partial charge on any atom is -0.480 e. The number of carbonyl (C=O) groups excluding carboxylic acids is 10. The Morgan fingerprint density at radius 2 is 1.10 bits per heavy atom. The van der Waals surface area contributed by atoms with Crippen LogP contribution in [0.2, 0.25) is 0 Å². The van der Waals surface area contributed by atoms with E-state index in [1.54, 1.807) is 70.6 Å². The number of carbonyl (C=O) groups is 11. The molecule has 0 unspecified atom stereocenters. The number of benzene rings is 2.